The van der Waals surface area contributed by atoms with Crippen LogP contribution in [0.4, 0.5) is 13.2 Å². The van der Waals surface area contributed by atoms with Crippen LogP contribution in [-0.4, -0.2) is 42.7 Å². The fourth-order valence-corrected chi connectivity index (χ4v) is 4.25. The van der Waals surface area contributed by atoms with Gasteiger partial charge in [-0.1, -0.05) is 0 Å². The second-order valence-corrected chi connectivity index (χ2v) is 7.32. The van der Waals surface area contributed by atoms with E-state index in [1.54, 1.807) is 6.07 Å². The molecule has 0 radical (unpaired) electrons. The number of halogens is 3. The summed E-state index contributed by atoms with van der Waals surface area (Å²) in [5.74, 6) is 0.253. The molecule has 1 N–H and O–H groups in total. The largest absolute Gasteiger partial charge is 0.416 e. The van der Waals surface area contributed by atoms with Crippen molar-refractivity contribution >= 4 is 10.9 Å². The Morgan fingerprint density at radius 3 is 2.76 bits per heavy atom. The Balaban J connectivity index is 1.80. The Kier molecular flexibility index (Phi) is 4.28. The summed E-state index contributed by atoms with van der Waals surface area (Å²) in [6.45, 7) is 2.42. The third kappa shape index (κ3) is 3.17. The summed E-state index contributed by atoms with van der Waals surface area (Å²) < 4.78 is 45.1. The highest BCUT2D eigenvalue weighted by molar-refractivity contribution is 5.86. The van der Waals surface area contributed by atoms with Gasteiger partial charge in [-0.3, -0.25) is 0 Å². The third-order valence-electron chi connectivity index (χ3n) is 5.72. The molecule has 2 aliphatic heterocycles. The maximum absolute atomic E-state index is 13.2. The van der Waals surface area contributed by atoms with Gasteiger partial charge in [0.05, 0.1) is 12.2 Å². The number of ether oxygens (including phenoxy) is 1. The summed E-state index contributed by atoms with van der Waals surface area (Å²) in [6.07, 6.45) is -0.346. The molecule has 2 fully saturated rings. The molecule has 0 bridgehead atoms. The predicted molar refractivity (Wildman–Crippen MR) is 90.8 cm³/mol. The summed E-state index contributed by atoms with van der Waals surface area (Å²) >= 11 is 0. The number of rotatable bonds is 3. The van der Waals surface area contributed by atoms with Gasteiger partial charge in [0, 0.05) is 35.2 Å². The molecule has 0 amide bonds. The molecule has 0 aliphatic carbocycles. The van der Waals surface area contributed by atoms with Crippen LogP contribution in [0.5, 0.6) is 0 Å². The van der Waals surface area contributed by atoms with E-state index in [2.05, 4.69) is 16.9 Å². The molecule has 136 valence electrons. The average Bonchev–Trinajstić information content (AvgIpc) is 3.28. The molecule has 0 spiro atoms. The molecule has 6 heteroatoms. The first-order valence-corrected chi connectivity index (χ1v) is 8.93. The van der Waals surface area contributed by atoms with E-state index in [0.29, 0.717) is 12.6 Å². The maximum atomic E-state index is 13.2. The molecule has 0 saturated carbocycles. The van der Waals surface area contributed by atoms with Crippen LogP contribution in [0.3, 0.4) is 0 Å². The topological polar surface area (TPSA) is 28.3 Å². The Hall–Kier alpha value is -1.53. The number of hydrogen-bond acceptors (Lipinski definition) is 2. The molecule has 2 saturated heterocycles. The molecule has 25 heavy (non-hydrogen) atoms. The van der Waals surface area contributed by atoms with E-state index in [9.17, 15) is 13.2 Å². The number of likely N-dealkylation sites (N-methyl/N-ethyl adjacent to an activating group) is 1. The molecule has 1 aromatic carbocycles. The SMILES string of the molecule is CN1CCC[C@@H]1Cc1c([C@@H]2CCOC2)[nH]c2ccc(C(F)(F)F)cc12. The Morgan fingerprint density at radius 1 is 1.28 bits per heavy atom. The highest BCUT2D eigenvalue weighted by Gasteiger charge is 2.33. The van der Waals surface area contributed by atoms with Crippen LogP contribution in [0.2, 0.25) is 0 Å². The van der Waals surface area contributed by atoms with Gasteiger partial charge in [0.25, 0.3) is 0 Å². The first-order valence-electron chi connectivity index (χ1n) is 8.93. The van der Waals surface area contributed by atoms with Crippen LogP contribution in [0, 0.1) is 0 Å². The van der Waals surface area contributed by atoms with Gasteiger partial charge in [-0.15, -0.1) is 0 Å². The van der Waals surface area contributed by atoms with E-state index in [4.69, 9.17) is 4.74 Å². The zero-order valence-electron chi connectivity index (χ0n) is 14.3. The van der Waals surface area contributed by atoms with Crippen molar-refractivity contribution in [3.63, 3.8) is 0 Å². The lowest BCUT2D eigenvalue weighted by molar-refractivity contribution is -0.137. The average molecular weight is 352 g/mol. The molecule has 3 heterocycles. The van der Waals surface area contributed by atoms with Gasteiger partial charge in [0.1, 0.15) is 0 Å². The van der Waals surface area contributed by atoms with Gasteiger partial charge in [-0.25, -0.2) is 0 Å². The minimum atomic E-state index is -4.32. The number of H-pyrrole nitrogens is 1. The van der Waals surface area contributed by atoms with Crippen LogP contribution in [0.25, 0.3) is 10.9 Å². The van der Waals surface area contributed by atoms with Crippen LogP contribution >= 0.6 is 0 Å². The van der Waals surface area contributed by atoms with Gasteiger partial charge >= 0.3 is 6.18 Å². The lowest BCUT2D eigenvalue weighted by Gasteiger charge is -2.21. The number of nitrogens with one attached hydrogen (secondary N) is 1. The van der Waals surface area contributed by atoms with Gasteiger partial charge in [-0.2, -0.15) is 13.2 Å². The Labute approximate surface area is 145 Å². The first-order chi connectivity index (χ1) is 11.9. The third-order valence-corrected chi connectivity index (χ3v) is 5.72. The summed E-state index contributed by atoms with van der Waals surface area (Å²) in [6, 6.07) is 4.45. The fraction of sp³-hybridized carbons (Fsp3) is 0.579. The van der Waals surface area contributed by atoms with Crippen molar-refractivity contribution in [1.29, 1.82) is 0 Å². The van der Waals surface area contributed by atoms with Gasteiger partial charge in [0.2, 0.25) is 0 Å². The number of nitrogens with zero attached hydrogens (tertiary/aromatic N) is 1. The lowest BCUT2D eigenvalue weighted by Crippen LogP contribution is -2.27. The molecule has 2 aromatic rings. The molecule has 4 rings (SSSR count). The first kappa shape index (κ1) is 16.9. The summed E-state index contributed by atoms with van der Waals surface area (Å²) in [7, 11) is 2.10. The van der Waals surface area contributed by atoms with Crippen LogP contribution in [-0.2, 0) is 17.3 Å². The van der Waals surface area contributed by atoms with Gasteiger partial charge in [0.15, 0.2) is 0 Å². The van der Waals surface area contributed by atoms with Crippen molar-refractivity contribution in [3.05, 3.63) is 35.0 Å². The van der Waals surface area contributed by atoms with Crippen molar-refractivity contribution in [2.75, 3.05) is 26.8 Å². The van der Waals surface area contributed by atoms with E-state index in [1.165, 1.54) is 12.1 Å². The minimum Gasteiger partial charge on any atom is -0.381 e. The number of fused-ring (bicyclic) bond motifs is 1. The normalized spacial score (nSPS) is 25.3. The monoisotopic (exact) mass is 352 g/mol. The summed E-state index contributed by atoms with van der Waals surface area (Å²) in [4.78, 5) is 5.73. The molecule has 2 atom stereocenters. The highest BCUT2D eigenvalue weighted by atomic mass is 19.4. The van der Waals surface area contributed by atoms with E-state index >= 15 is 0 Å². The number of likely N-dealkylation sites (tertiary alicyclic amines) is 1. The van der Waals surface area contributed by atoms with E-state index in [0.717, 1.165) is 61.0 Å². The smallest absolute Gasteiger partial charge is 0.381 e. The van der Waals surface area contributed by atoms with Gasteiger partial charge < -0.3 is 14.6 Å². The number of hydrogen-bond donors (Lipinski definition) is 1. The zero-order valence-corrected chi connectivity index (χ0v) is 14.3. The quantitative estimate of drug-likeness (QED) is 0.891. The van der Waals surface area contributed by atoms with Crippen LogP contribution < -0.4 is 0 Å². The van der Waals surface area contributed by atoms with Crippen molar-refractivity contribution in [2.45, 2.75) is 43.8 Å². The maximum Gasteiger partial charge on any atom is 0.416 e. The molecular weight excluding hydrogens is 329 g/mol. The second kappa shape index (κ2) is 6.32. The second-order valence-electron chi connectivity index (χ2n) is 7.32. The number of alkyl halides is 3. The van der Waals surface area contributed by atoms with E-state index in [1.807, 2.05) is 0 Å². The minimum absolute atomic E-state index is 0.253. The van der Waals surface area contributed by atoms with Crippen molar-refractivity contribution in [2.24, 2.45) is 0 Å². The van der Waals surface area contributed by atoms with E-state index in [-0.39, 0.29) is 5.92 Å². The summed E-state index contributed by atoms with van der Waals surface area (Å²) in [5, 5.41) is 0.719. The zero-order chi connectivity index (χ0) is 17.6. The lowest BCUT2D eigenvalue weighted by atomic mass is 9.94. The van der Waals surface area contributed by atoms with Crippen molar-refractivity contribution < 1.29 is 17.9 Å². The molecule has 2 aliphatic rings. The number of benzene rings is 1. The highest BCUT2D eigenvalue weighted by Crippen LogP contribution is 2.38. The van der Waals surface area contributed by atoms with E-state index < -0.39 is 11.7 Å². The van der Waals surface area contributed by atoms with Crippen LogP contribution in [0.15, 0.2) is 18.2 Å². The van der Waals surface area contributed by atoms with Crippen molar-refractivity contribution in [3.8, 4) is 0 Å². The Morgan fingerprint density at radius 2 is 2.12 bits per heavy atom. The standard InChI is InChI=1S/C19H23F3N2O/c1-24-7-2-3-14(24)10-16-15-9-13(19(20,21)22)4-5-17(15)23-18(16)12-6-8-25-11-12/h4-5,9,12,14,23H,2-3,6-8,10-11H2,1H3/t12-,14-/m1/s1. The molecular formula is C19H23F3N2O. The summed E-state index contributed by atoms with van der Waals surface area (Å²) in [5.41, 5.74) is 2.35. The van der Waals surface area contributed by atoms with Crippen molar-refractivity contribution in [1.82, 2.24) is 9.88 Å². The fourth-order valence-electron chi connectivity index (χ4n) is 4.25. The number of aromatic nitrogens is 1. The Bertz CT molecular complexity index is 762. The molecule has 3 nitrogen and oxygen atoms in total. The molecule has 1 aromatic heterocycles. The predicted octanol–water partition coefficient (Wildman–Crippen LogP) is 4.33. The number of aromatic amines is 1. The van der Waals surface area contributed by atoms with Gasteiger partial charge in [-0.05, 0) is 63.0 Å². The van der Waals surface area contributed by atoms with Crippen LogP contribution in [0.1, 0.15) is 42.0 Å². The molecule has 0 unspecified atom stereocenters.